The fraction of sp³-hybridized carbons (Fsp3) is 0.375. The molecule has 7 nitrogen and oxygen atoms in total. The fourth-order valence-corrected chi connectivity index (χ4v) is 4.35. The number of ether oxygens (including phenoxy) is 2. The maximum atomic E-state index is 12.8. The third kappa shape index (κ3) is 5.82. The number of rotatable bonds is 10. The van der Waals surface area contributed by atoms with Gasteiger partial charge in [0.2, 0.25) is 5.91 Å². The van der Waals surface area contributed by atoms with Crippen LogP contribution in [0.4, 0.5) is 5.69 Å². The van der Waals surface area contributed by atoms with E-state index in [1.807, 2.05) is 73.0 Å². The Labute approximate surface area is 193 Å². The molecule has 0 aliphatic heterocycles. The van der Waals surface area contributed by atoms with Crippen LogP contribution < -0.4 is 14.8 Å². The van der Waals surface area contributed by atoms with E-state index in [1.165, 1.54) is 11.8 Å². The van der Waals surface area contributed by atoms with Gasteiger partial charge in [0.1, 0.15) is 11.5 Å². The van der Waals surface area contributed by atoms with E-state index in [9.17, 15) is 4.79 Å². The standard InChI is InChI=1S/C24H30N4O3S/c1-6-21(23(29)25-18-11-8-7-9-12-18)32-24-27-26-22(28(24)16(2)3)17(4)31-20-14-10-13-19(15-20)30-5/h7-17,21H,6H2,1-5H3,(H,25,29). The van der Waals surface area contributed by atoms with Crippen LogP contribution >= 0.6 is 11.8 Å². The van der Waals surface area contributed by atoms with Gasteiger partial charge in [-0.3, -0.25) is 4.79 Å². The summed E-state index contributed by atoms with van der Waals surface area (Å²) >= 11 is 1.42. The van der Waals surface area contributed by atoms with Gasteiger partial charge in [-0.1, -0.05) is 43.0 Å². The topological polar surface area (TPSA) is 78.3 Å². The number of para-hydroxylation sites is 1. The highest BCUT2D eigenvalue weighted by Gasteiger charge is 2.26. The van der Waals surface area contributed by atoms with Gasteiger partial charge in [0.25, 0.3) is 0 Å². The number of carbonyl (C=O) groups is 1. The van der Waals surface area contributed by atoms with E-state index in [1.54, 1.807) is 7.11 Å². The van der Waals surface area contributed by atoms with Crippen LogP contribution in [0.15, 0.2) is 59.8 Å². The van der Waals surface area contributed by atoms with Gasteiger partial charge in [-0.05, 0) is 51.5 Å². The van der Waals surface area contributed by atoms with Crippen molar-refractivity contribution in [3.63, 3.8) is 0 Å². The van der Waals surface area contributed by atoms with Crippen molar-refractivity contribution in [3.05, 3.63) is 60.4 Å². The summed E-state index contributed by atoms with van der Waals surface area (Å²) in [5, 5.41) is 12.2. The molecule has 8 heteroatoms. The van der Waals surface area contributed by atoms with Crippen LogP contribution in [-0.4, -0.2) is 33.0 Å². The molecule has 0 saturated carbocycles. The average molecular weight is 455 g/mol. The molecule has 1 amide bonds. The molecule has 2 unspecified atom stereocenters. The second-order valence-corrected chi connectivity index (χ2v) is 8.78. The Morgan fingerprint density at radius 2 is 1.78 bits per heavy atom. The molecule has 1 N–H and O–H groups in total. The first-order valence-electron chi connectivity index (χ1n) is 10.7. The highest BCUT2D eigenvalue weighted by molar-refractivity contribution is 8.00. The molecule has 0 fully saturated rings. The van der Waals surface area contributed by atoms with Crippen molar-refractivity contribution in [1.29, 1.82) is 0 Å². The number of anilines is 1. The third-order valence-electron chi connectivity index (χ3n) is 4.88. The highest BCUT2D eigenvalue weighted by atomic mass is 32.2. The zero-order valence-corrected chi connectivity index (χ0v) is 19.9. The first kappa shape index (κ1) is 23.7. The molecule has 0 aliphatic rings. The summed E-state index contributed by atoms with van der Waals surface area (Å²) in [6.07, 6.45) is 0.337. The van der Waals surface area contributed by atoms with Crippen LogP contribution in [0.25, 0.3) is 0 Å². The number of thioether (sulfide) groups is 1. The first-order valence-corrected chi connectivity index (χ1v) is 11.6. The molecule has 0 saturated heterocycles. The zero-order chi connectivity index (χ0) is 23.1. The maximum absolute atomic E-state index is 12.8. The molecule has 1 aromatic heterocycles. The Morgan fingerprint density at radius 3 is 2.44 bits per heavy atom. The molecule has 3 aromatic rings. The van der Waals surface area contributed by atoms with Crippen LogP contribution in [0.5, 0.6) is 11.5 Å². The smallest absolute Gasteiger partial charge is 0.237 e. The van der Waals surface area contributed by atoms with E-state index in [-0.39, 0.29) is 23.3 Å². The number of benzene rings is 2. The Balaban J connectivity index is 1.77. The van der Waals surface area contributed by atoms with E-state index >= 15 is 0 Å². The highest BCUT2D eigenvalue weighted by Crippen LogP contribution is 2.31. The van der Waals surface area contributed by atoms with Gasteiger partial charge in [0, 0.05) is 17.8 Å². The first-order chi connectivity index (χ1) is 15.4. The third-order valence-corrected chi connectivity index (χ3v) is 6.20. The number of aromatic nitrogens is 3. The van der Waals surface area contributed by atoms with Gasteiger partial charge < -0.3 is 19.4 Å². The quantitative estimate of drug-likeness (QED) is 0.407. The summed E-state index contributed by atoms with van der Waals surface area (Å²) in [5.41, 5.74) is 0.780. The van der Waals surface area contributed by atoms with Crippen LogP contribution in [0.1, 0.15) is 52.1 Å². The largest absolute Gasteiger partial charge is 0.497 e. The van der Waals surface area contributed by atoms with Crippen molar-refractivity contribution >= 4 is 23.4 Å². The maximum Gasteiger partial charge on any atom is 0.237 e. The number of nitrogens with zero attached hydrogens (tertiary/aromatic N) is 3. The van der Waals surface area contributed by atoms with Crippen LogP contribution in [0.3, 0.4) is 0 Å². The molecule has 170 valence electrons. The molecular weight excluding hydrogens is 424 g/mol. The lowest BCUT2D eigenvalue weighted by Crippen LogP contribution is -2.25. The predicted molar refractivity (Wildman–Crippen MR) is 127 cm³/mol. The van der Waals surface area contributed by atoms with Gasteiger partial charge in [0.05, 0.1) is 12.4 Å². The summed E-state index contributed by atoms with van der Waals surface area (Å²) in [6, 6.07) is 17.0. The van der Waals surface area contributed by atoms with Gasteiger partial charge >= 0.3 is 0 Å². The predicted octanol–water partition coefficient (Wildman–Crippen LogP) is 5.52. The summed E-state index contributed by atoms with van der Waals surface area (Å²) < 4.78 is 13.4. The van der Waals surface area contributed by atoms with Crippen molar-refractivity contribution in [2.45, 2.75) is 56.7 Å². The van der Waals surface area contributed by atoms with E-state index in [0.717, 1.165) is 11.4 Å². The van der Waals surface area contributed by atoms with E-state index in [0.29, 0.717) is 23.2 Å². The number of hydrogen-bond acceptors (Lipinski definition) is 6. The SMILES string of the molecule is CCC(Sc1nnc(C(C)Oc2cccc(OC)c2)n1C(C)C)C(=O)Nc1ccccc1. The molecule has 2 atom stereocenters. The van der Waals surface area contributed by atoms with Gasteiger partial charge in [-0.2, -0.15) is 0 Å². The van der Waals surface area contributed by atoms with Gasteiger partial charge in [-0.25, -0.2) is 0 Å². The van der Waals surface area contributed by atoms with Crippen LogP contribution in [0.2, 0.25) is 0 Å². The summed E-state index contributed by atoms with van der Waals surface area (Å²) in [6.45, 7) is 8.07. The molecule has 3 rings (SSSR count). The number of amides is 1. The van der Waals surface area contributed by atoms with Crippen molar-refractivity contribution in [2.24, 2.45) is 0 Å². The molecule has 32 heavy (non-hydrogen) atoms. The summed E-state index contributed by atoms with van der Waals surface area (Å²) in [7, 11) is 1.62. The molecule has 0 spiro atoms. The second kappa shape index (κ2) is 11.0. The number of methoxy groups -OCH3 is 1. The van der Waals surface area contributed by atoms with E-state index in [4.69, 9.17) is 9.47 Å². The van der Waals surface area contributed by atoms with Crippen molar-refractivity contribution in [1.82, 2.24) is 14.8 Å². The lowest BCUT2D eigenvalue weighted by atomic mass is 10.3. The van der Waals surface area contributed by atoms with Crippen molar-refractivity contribution < 1.29 is 14.3 Å². The summed E-state index contributed by atoms with van der Waals surface area (Å²) in [5.74, 6) is 2.08. The molecular formula is C24H30N4O3S. The number of carbonyl (C=O) groups excluding carboxylic acids is 1. The second-order valence-electron chi connectivity index (χ2n) is 7.61. The lowest BCUT2D eigenvalue weighted by molar-refractivity contribution is -0.115. The zero-order valence-electron chi connectivity index (χ0n) is 19.1. The number of hydrogen-bond donors (Lipinski definition) is 1. The Kier molecular flexibility index (Phi) is 8.16. The Hall–Kier alpha value is -3.00. The molecule has 0 bridgehead atoms. The normalized spacial score (nSPS) is 12.9. The summed E-state index contributed by atoms with van der Waals surface area (Å²) in [4.78, 5) is 12.8. The van der Waals surface area contributed by atoms with E-state index < -0.39 is 0 Å². The van der Waals surface area contributed by atoms with Crippen molar-refractivity contribution in [3.8, 4) is 11.5 Å². The lowest BCUT2D eigenvalue weighted by Gasteiger charge is -2.20. The Bertz CT molecular complexity index is 1020. The van der Waals surface area contributed by atoms with Crippen LogP contribution in [-0.2, 0) is 4.79 Å². The molecule has 2 aromatic carbocycles. The molecule has 1 heterocycles. The average Bonchev–Trinajstić information content (AvgIpc) is 3.22. The minimum atomic E-state index is -0.329. The van der Waals surface area contributed by atoms with Crippen molar-refractivity contribution in [2.75, 3.05) is 12.4 Å². The number of nitrogens with one attached hydrogen (secondary N) is 1. The monoisotopic (exact) mass is 454 g/mol. The van der Waals surface area contributed by atoms with Gasteiger partial charge in [0.15, 0.2) is 17.1 Å². The van der Waals surface area contributed by atoms with Crippen LogP contribution in [0, 0.1) is 0 Å². The Morgan fingerprint density at radius 1 is 1.06 bits per heavy atom. The van der Waals surface area contributed by atoms with E-state index in [2.05, 4.69) is 29.4 Å². The minimum Gasteiger partial charge on any atom is -0.497 e. The van der Waals surface area contributed by atoms with Gasteiger partial charge in [-0.15, -0.1) is 10.2 Å². The fourth-order valence-electron chi connectivity index (χ4n) is 3.26. The minimum absolute atomic E-state index is 0.0516. The molecule has 0 radical (unpaired) electrons. The molecule has 0 aliphatic carbocycles.